The molecule has 0 aliphatic heterocycles. The smallest absolute Gasteiger partial charge is 0.310 e. The first-order chi connectivity index (χ1) is 11.0. The van der Waals surface area contributed by atoms with E-state index < -0.39 is 34.2 Å². The molecule has 1 aromatic carbocycles. The Morgan fingerprint density at radius 3 is 2.50 bits per heavy atom. The van der Waals surface area contributed by atoms with E-state index >= 15 is 0 Å². The summed E-state index contributed by atoms with van der Waals surface area (Å²) >= 11 is 0. The maximum Gasteiger partial charge on any atom is 0.310 e. The fourth-order valence-corrected chi connectivity index (χ4v) is 1.64. The topological polar surface area (TPSA) is 139 Å². The van der Waals surface area contributed by atoms with Gasteiger partial charge in [-0.2, -0.15) is 0 Å². The first-order valence-electron chi connectivity index (χ1n) is 7.11. The van der Waals surface area contributed by atoms with Crippen LogP contribution in [0, 0.1) is 15.5 Å². The van der Waals surface area contributed by atoms with Gasteiger partial charge in [0, 0.05) is 24.2 Å². The number of carbonyl (C=O) groups is 3. The second-order valence-electron chi connectivity index (χ2n) is 5.91. The quantitative estimate of drug-likeness (QED) is 0.500. The number of nitro groups is 1. The number of aliphatic carboxylic acids is 1. The lowest BCUT2D eigenvalue weighted by Crippen LogP contribution is -2.48. The minimum Gasteiger partial charge on any atom is -0.481 e. The van der Waals surface area contributed by atoms with Crippen LogP contribution in [0.2, 0.25) is 0 Å². The van der Waals surface area contributed by atoms with Crippen molar-refractivity contribution in [3.63, 3.8) is 0 Å². The Morgan fingerprint density at radius 1 is 1.33 bits per heavy atom. The maximum absolute atomic E-state index is 12.0. The van der Waals surface area contributed by atoms with E-state index in [-0.39, 0.29) is 17.8 Å². The number of rotatable bonds is 7. The third-order valence-electron chi connectivity index (χ3n) is 3.34. The first-order valence-corrected chi connectivity index (χ1v) is 7.11. The highest BCUT2D eigenvalue weighted by atomic mass is 16.6. The fourth-order valence-electron chi connectivity index (χ4n) is 1.64. The van der Waals surface area contributed by atoms with Crippen LogP contribution in [-0.4, -0.2) is 40.4 Å². The molecular weight excluding hydrogens is 318 g/mol. The van der Waals surface area contributed by atoms with Gasteiger partial charge in [-0.05, 0) is 26.8 Å². The number of nitrogens with zero attached hydrogens (tertiary/aromatic N) is 1. The van der Waals surface area contributed by atoms with E-state index in [1.807, 2.05) is 0 Å². The van der Waals surface area contributed by atoms with Crippen LogP contribution in [0.3, 0.4) is 0 Å². The molecule has 1 unspecified atom stereocenters. The molecular formula is C15H19N3O6. The van der Waals surface area contributed by atoms with Gasteiger partial charge in [0.1, 0.15) is 6.04 Å². The number of carboxylic acid groups (broad SMARTS) is 1. The second kappa shape index (κ2) is 7.53. The minimum atomic E-state index is -1.14. The predicted molar refractivity (Wildman–Crippen MR) is 84.5 cm³/mol. The zero-order valence-corrected chi connectivity index (χ0v) is 13.5. The SMILES string of the molecule is CC(NC(=O)c1cccc([N+](=O)[O-])c1)C(=O)NCC(C)(C)C(=O)O. The third kappa shape index (κ3) is 5.04. The normalized spacial score (nSPS) is 12.1. The maximum atomic E-state index is 12.0. The van der Waals surface area contributed by atoms with Crippen LogP contribution in [-0.2, 0) is 9.59 Å². The summed E-state index contributed by atoms with van der Waals surface area (Å²) in [6.07, 6.45) is 0. The van der Waals surface area contributed by atoms with Crippen LogP contribution in [0.1, 0.15) is 31.1 Å². The van der Waals surface area contributed by atoms with Crippen molar-refractivity contribution in [2.45, 2.75) is 26.8 Å². The van der Waals surface area contributed by atoms with E-state index in [0.717, 1.165) is 6.07 Å². The summed E-state index contributed by atoms with van der Waals surface area (Å²) in [6.45, 7) is 4.25. The molecule has 0 radical (unpaired) electrons. The van der Waals surface area contributed by atoms with E-state index in [9.17, 15) is 24.5 Å². The summed E-state index contributed by atoms with van der Waals surface area (Å²) < 4.78 is 0. The standard InChI is InChI=1S/C15H19N3O6/c1-9(12(19)16-8-15(2,3)14(21)22)17-13(20)10-5-4-6-11(7-10)18(23)24/h4-7,9H,8H2,1-3H3,(H,16,19)(H,17,20)(H,21,22). The number of nitro benzene ring substituents is 1. The summed E-state index contributed by atoms with van der Waals surface area (Å²) in [5, 5.41) is 24.5. The molecule has 0 aliphatic rings. The van der Waals surface area contributed by atoms with Gasteiger partial charge in [-0.3, -0.25) is 24.5 Å². The summed E-state index contributed by atoms with van der Waals surface area (Å²) in [5.74, 6) is -2.25. The molecule has 0 heterocycles. The number of amides is 2. The number of benzene rings is 1. The number of nitrogens with one attached hydrogen (secondary N) is 2. The molecule has 0 saturated carbocycles. The van der Waals surface area contributed by atoms with Crippen molar-refractivity contribution >= 4 is 23.5 Å². The number of carbonyl (C=O) groups excluding carboxylic acids is 2. The Bertz CT molecular complexity index is 671. The van der Waals surface area contributed by atoms with Crippen LogP contribution >= 0.6 is 0 Å². The zero-order valence-electron chi connectivity index (χ0n) is 13.5. The average Bonchev–Trinajstić information content (AvgIpc) is 2.52. The molecule has 0 aliphatic carbocycles. The highest BCUT2D eigenvalue weighted by Crippen LogP contribution is 2.14. The lowest BCUT2D eigenvalue weighted by molar-refractivity contribution is -0.384. The van der Waals surface area contributed by atoms with E-state index in [4.69, 9.17) is 5.11 Å². The van der Waals surface area contributed by atoms with Crippen molar-refractivity contribution in [3.8, 4) is 0 Å². The molecule has 0 bridgehead atoms. The summed E-state index contributed by atoms with van der Waals surface area (Å²) in [5.41, 5.74) is -1.32. The molecule has 1 rings (SSSR count). The van der Waals surface area contributed by atoms with Gasteiger partial charge in [0.2, 0.25) is 5.91 Å². The van der Waals surface area contributed by atoms with E-state index in [1.54, 1.807) is 0 Å². The van der Waals surface area contributed by atoms with Gasteiger partial charge >= 0.3 is 5.97 Å². The molecule has 2 amide bonds. The van der Waals surface area contributed by atoms with Crippen LogP contribution in [0.25, 0.3) is 0 Å². The summed E-state index contributed by atoms with van der Waals surface area (Å²) in [6, 6.07) is 4.18. The van der Waals surface area contributed by atoms with Crippen molar-refractivity contribution in [2.24, 2.45) is 5.41 Å². The summed E-state index contributed by atoms with van der Waals surface area (Å²) in [4.78, 5) is 45.0. The van der Waals surface area contributed by atoms with E-state index in [1.165, 1.54) is 39.0 Å². The van der Waals surface area contributed by atoms with Gasteiger partial charge in [0.25, 0.3) is 11.6 Å². The Labute approximate surface area is 138 Å². The Hall–Kier alpha value is -2.97. The third-order valence-corrected chi connectivity index (χ3v) is 3.34. The molecule has 1 aromatic rings. The lowest BCUT2D eigenvalue weighted by Gasteiger charge is -2.21. The largest absolute Gasteiger partial charge is 0.481 e. The Morgan fingerprint density at radius 2 is 1.96 bits per heavy atom. The molecule has 0 aromatic heterocycles. The number of carboxylic acids is 1. The van der Waals surface area contributed by atoms with Gasteiger partial charge in [0.05, 0.1) is 10.3 Å². The molecule has 1 atom stereocenters. The van der Waals surface area contributed by atoms with Crippen molar-refractivity contribution in [2.75, 3.05) is 6.54 Å². The van der Waals surface area contributed by atoms with Gasteiger partial charge in [0.15, 0.2) is 0 Å². The predicted octanol–water partition coefficient (Wildman–Crippen LogP) is 0.940. The molecule has 3 N–H and O–H groups in total. The molecule has 9 nitrogen and oxygen atoms in total. The second-order valence-corrected chi connectivity index (χ2v) is 5.91. The van der Waals surface area contributed by atoms with Gasteiger partial charge in [-0.15, -0.1) is 0 Å². The highest BCUT2D eigenvalue weighted by molar-refractivity contribution is 5.97. The van der Waals surface area contributed by atoms with Crippen LogP contribution in [0.5, 0.6) is 0 Å². The van der Waals surface area contributed by atoms with Crippen LogP contribution in [0.4, 0.5) is 5.69 Å². The van der Waals surface area contributed by atoms with Gasteiger partial charge in [-0.1, -0.05) is 6.07 Å². The lowest BCUT2D eigenvalue weighted by atomic mass is 9.94. The number of non-ortho nitro benzene ring substituents is 1. The van der Waals surface area contributed by atoms with Crippen molar-refractivity contribution in [1.82, 2.24) is 10.6 Å². The number of hydrogen-bond acceptors (Lipinski definition) is 5. The van der Waals surface area contributed by atoms with Crippen molar-refractivity contribution in [3.05, 3.63) is 39.9 Å². The minimum absolute atomic E-state index is 0.0507. The molecule has 0 spiro atoms. The van der Waals surface area contributed by atoms with Crippen molar-refractivity contribution in [1.29, 1.82) is 0 Å². The van der Waals surface area contributed by atoms with Gasteiger partial charge in [-0.25, -0.2) is 0 Å². The number of hydrogen-bond donors (Lipinski definition) is 3. The fraction of sp³-hybridized carbons (Fsp3) is 0.400. The van der Waals surface area contributed by atoms with Crippen molar-refractivity contribution < 1.29 is 24.4 Å². The van der Waals surface area contributed by atoms with Crippen LogP contribution < -0.4 is 10.6 Å². The van der Waals surface area contributed by atoms with E-state index in [2.05, 4.69) is 10.6 Å². The molecule has 130 valence electrons. The van der Waals surface area contributed by atoms with E-state index in [0.29, 0.717) is 0 Å². The highest BCUT2D eigenvalue weighted by Gasteiger charge is 2.28. The Kier molecular flexibility index (Phi) is 5.99. The molecule has 24 heavy (non-hydrogen) atoms. The summed E-state index contributed by atoms with van der Waals surface area (Å²) in [7, 11) is 0. The van der Waals surface area contributed by atoms with Gasteiger partial charge < -0.3 is 15.7 Å². The molecule has 0 saturated heterocycles. The molecule has 9 heteroatoms. The Balaban J connectivity index is 2.66. The molecule has 0 fully saturated rings. The average molecular weight is 337 g/mol. The van der Waals surface area contributed by atoms with Crippen LogP contribution in [0.15, 0.2) is 24.3 Å². The first kappa shape index (κ1) is 19.1. The zero-order chi connectivity index (χ0) is 18.5. The monoisotopic (exact) mass is 337 g/mol.